The van der Waals surface area contributed by atoms with Crippen molar-refractivity contribution in [1.29, 1.82) is 0 Å². The van der Waals surface area contributed by atoms with Crippen LogP contribution in [0.5, 0.6) is 11.5 Å². The fourth-order valence-corrected chi connectivity index (χ4v) is 4.32. The summed E-state index contributed by atoms with van der Waals surface area (Å²) in [4.78, 5) is 20.6. The molecular weight excluding hydrogens is 438 g/mol. The number of furan rings is 1. The van der Waals surface area contributed by atoms with Gasteiger partial charge in [0.25, 0.3) is 0 Å². The number of rotatable bonds is 8. The Kier molecular flexibility index (Phi) is 5.73. The lowest BCUT2D eigenvalue weighted by Crippen LogP contribution is -1.97. The van der Waals surface area contributed by atoms with E-state index in [2.05, 4.69) is 15.3 Å². The van der Waals surface area contributed by atoms with Crippen LogP contribution in [-0.2, 0) is 6.61 Å². The lowest BCUT2D eigenvalue weighted by Gasteiger charge is -2.10. The first-order valence-electron chi connectivity index (χ1n) is 10.1. The van der Waals surface area contributed by atoms with Crippen molar-refractivity contribution in [3.8, 4) is 22.1 Å². The average molecular weight is 458 g/mol. The van der Waals surface area contributed by atoms with Crippen molar-refractivity contribution >= 4 is 39.3 Å². The Morgan fingerprint density at radius 3 is 2.70 bits per heavy atom. The molecule has 0 aliphatic heterocycles. The maximum atomic E-state index is 10.9. The molecule has 0 aliphatic carbocycles. The molecule has 5 aromatic rings. The van der Waals surface area contributed by atoms with Gasteiger partial charge in [0.15, 0.2) is 17.9 Å². The van der Waals surface area contributed by atoms with Gasteiger partial charge in [0, 0.05) is 11.8 Å². The molecule has 0 saturated heterocycles. The number of ether oxygens (including phenoxy) is 2. The summed E-state index contributed by atoms with van der Waals surface area (Å²) in [6, 6.07) is 20.8. The number of fused-ring (bicyclic) bond motifs is 1. The smallest absolute Gasteiger partial charge is 0.185 e. The zero-order chi connectivity index (χ0) is 22.6. The second-order valence-electron chi connectivity index (χ2n) is 7.16. The van der Waals surface area contributed by atoms with E-state index in [1.54, 1.807) is 19.2 Å². The Bertz CT molecular complexity index is 1410. The predicted molar refractivity (Wildman–Crippen MR) is 128 cm³/mol. The summed E-state index contributed by atoms with van der Waals surface area (Å²) in [7, 11) is 1.65. The third-order valence-corrected chi connectivity index (χ3v) is 6.10. The molecule has 3 heterocycles. The number of thiophene rings is 1. The van der Waals surface area contributed by atoms with Gasteiger partial charge in [-0.15, -0.1) is 11.3 Å². The van der Waals surface area contributed by atoms with E-state index >= 15 is 0 Å². The van der Waals surface area contributed by atoms with Crippen LogP contribution in [0.3, 0.4) is 0 Å². The minimum Gasteiger partial charge on any atom is -0.497 e. The van der Waals surface area contributed by atoms with Crippen molar-refractivity contribution in [2.24, 2.45) is 0 Å². The molecule has 5 rings (SSSR count). The van der Waals surface area contributed by atoms with Gasteiger partial charge >= 0.3 is 0 Å². The maximum Gasteiger partial charge on any atom is 0.185 e. The Balaban J connectivity index is 1.34. The SMILES string of the molecule is COc1ccc(COc2cccc(Nc3ncnc4cc(-c5ccc(C=O)o5)sc34)c2)cc1. The second-order valence-corrected chi connectivity index (χ2v) is 8.21. The van der Waals surface area contributed by atoms with Crippen LogP contribution >= 0.6 is 11.3 Å². The predicted octanol–water partition coefficient (Wildman–Crippen LogP) is 6.10. The van der Waals surface area contributed by atoms with Gasteiger partial charge in [0.1, 0.15) is 30.2 Å². The molecule has 0 bridgehead atoms. The van der Waals surface area contributed by atoms with Crippen LogP contribution in [0.1, 0.15) is 16.1 Å². The zero-order valence-electron chi connectivity index (χ0n) is 17.6. The van der Waals surface area contributed by atoms with E-state index in [0.717, 1.165) is 37.8 Å². The highest BCUT2D eigenvalue weighted by Crippen LogP contribution is 2.37. The van der Waals surface area contributed by atoms with Crippen LogP contribution in [0.4, 0.5) is 11.5 Å². The standard InChI is InChI=1S/C25H19N3O4S/c1-30-18-7-5-16(6-8-18)14-31-19-4-2-3-17(11-19)28-25-24-21(26-15-27-25)12-23(33-24)22-10-9-20(13-29)32-22/h2-13,15H,14H2,1H3,(H,26,27,28). The summed E-state index contributed by atoms with van der Waals surface area (Å²) in [5, 5.41) is 3.36. The number of hydrogen-bond acceptors (Lipinski definition) is 8. The number of methoxy groups -OCH3 is 1. The third kappa shape index (κ3) is 4.56. The van der Waals surface area contributed by atoms with Gasteiger partial charge in [0.05, 0.1) is 22.2 Å². The summed E-state index contributed by atoms with van der Waals surface area (Å²) in [6.45, 7) is 0.450. The summed E-state index contributed by atoms with van der Waals surface area (Å²) in [5.41, 5.74) is 2.69. The molecule has 0 fully saturated rings. The van der Waals surface area contributed by atoms with Gasteiger partial charge in [-0.05, 0) is 48.0 Å². The number of anilines is 2. The molecule has 1 N–H and O–H groups in total. The molecule has 0 atom stereocenters. The second kappa shape index (κ2) is 9.13. The molecule has 7 nitrogen and oxygen atoms in total. The van der Waals surface area contributed by atoms with Crippen molar-refractivity contribution in [2.45, 2.75) is 6.61 Å². The fraction of sp³-hybridized carbons (Fsp3) is 0.0800. The topological polar surface area (TPSA) is 86.5 Å². The van der Waals surface area contributed by atoms with Crippen LogP contribution in [-0.4, -0.2) is 23.4 Å². The first kappa shape index (κ1) is 20.7. The Hall–Kier alpha value is -4.17. The van der Waals surface area contributed by atoms with Gasteiger partial charge < -0.3 is 19.2 Å². The molecule has 0 spiro atoms. The number of benzene rings is 2. The van der Waals surface area contributed by atoms with Crippen LogP contribution in [0.25, 0.3) is 20.9 Å². The number of carbonyl (C=O) groups excluding carboxylic acids is 1. The number of aldehydes is 1. The molecule has 0 radical (unpaired) electrons. The highest BCUT2D eigenvalue weighted by Gasteiger charge is 2.13. The minimum absolute atomic E-state index is 0.290. The van der Waals surface area contributed by atoms with Crippen molar-refractivity contribution in [3.63, 3.8) is 0 Å². The zero-order valence-corrected chi connectivity index (χ0v) is 18.5. The van der Waals surface area contributed by atoms with Gasteiger partial charge in [0.2, 0.25) is 0 Å². The number of aromatic nitrogens is 2. The van der Waals surface area contributed by atoms with E-state index in [4.69, 9.17) is 13.9 Å². The molecule has 8 heteroatoms. The molecule has 164 valence electrons. The molecule has 0 saturated carbocycles. The molecule has 3 aromatic heterocycles. The average Bonchev–Trinajstić information content (AvgIpc) is 3.51. The van der Waals surface area contributed by atoms with E-state index in [0.29, 0.717) is 30.2 Å². The van der Waals surface area contributed by atoms with Crippen molar-refractivity contribution < 1.29 is 18.7 Å². The molecule has 0 amide bonds. The van der Waals surface area contributed by atoms with Gasteiger partial charge in [-0.25, -0.2) is 9.97 Å². The molecule has 33 heavy (non-hydrogen) atoms. The Morgan fingerprint density at radius 2 is 1.91 bits per heavy atom. The number of nitrogens with zero attached hydrogens (tertiary/aromatic N) is 2. The lowest BCUT2D eigenvalue weighted by atomic mass is 10.2. The lowest BCUT2D eigenvalue weighted by molar-refractivity contribution is 0.110. The van der Waals surface area contributed by atoms with Crippen molar-refractivity contribution in [3.05, 3.63) is 84.4 Å². The summed E-state index contributed by atoms with van der Waals surface area (Å²) in [6.07, 6.45) is 2.21. The summed E-state index contributed by atoms with van der Waals surface area (Å²) in [5.74, 6) is 3.16. The van der Waals surface area contributed by atoms with Crippen LogP contribution in [0, 0.1) is 0 Å². The monoisotopic (exact) mass is 457 g/mol. The van der Waals surface area contributed by atoms with E-state index < -0.39 is 0 Å². The van der Waals surface area contributed by atoms with Crippen LogP contribution < -0.4 is 14.8 Å². The first-order valence-corrected chi connectivity index (χ1v) is 11.0. The van der Waals surface area contributed by atoms with Crippen molar-refractivity contribution in [1.82, 2.24) is 9.97 Å². The van der Waals surface area contributed by atoms with Gasteiger partial charge in [-0.3, -0.25) is 4.79 Å². The number of nitrogens with one attached hydrogen (secondary N) is 1. The summed E-state index contributed by atoms with van der Waals surface area (Å²) >= 11 is 1.50. The quantitative estimate of drug-likeness (QED) is 0.282. The minimum atomic E-state index is 0.290. The molecule has 0 aliphatic rings. The molecular formula is C25H19N3O4S. The highest BCUT2D eigenvalue weighted by molar-refractivity contribution is 7.22. The Morgan fingerprint density at radius 1 is 1.03 bits per heavy atom. The number of hydrogen-bond donors (Lipinski definition) is 1. The van der Waals surface area contributed by atoms with Gasteiger partial charge in [-0.2, -0.15) is 0 Å². The van der Waals surface area contributed by atoms with E-state index in [1.165, 1.54) is 17.7 Å². The normalized spacial score (nSPS) is 10.8. The largest absolute Gasteiger partial charge is 0.497 e. The van der Waals surface area contributed by atoms with Crippen molar-refractivity contribution in [2.75, 3.05) is 12.4 Å². The van der Waals surface area contributed by atoms with Gasteiger partial charge in [-0.1, -0.05) is 18.2 Å². The van der Waals surface area contributed by atoms with Crippen LogP contribution in [0.2, 0.25) is 0 Å². The first-order chi connectivity index (χ1) is 16.2. The van der Waals surface area contributed by atoms with E-state index in [1.807, 2.05) is 54.6 Å². The summed E-state index contributed by atoms with van der Waals surface area (Å²) < 4.78 is 17.6. The maximum absolute atomic E-state index is 10.9. The Labute approximate surface area is 193 Å². The fourth-order valence-electron chi connectivity index (χ4n) is 3.30. The third-order valence-electron chi connectivity index (χ3n) is 4.96. The highest BCUT2D eigenvalue weighted by atomic mass is 32.1. The molecule has 2 aromatic carbocycles. The molecule has 0 unspecified atom stereocenters. The van der Waals surface area contributed by atoms with Crippen LogP contribution in [0.15, 0.2) is 77.5 Å². The van der Waals surface area contributed by atoms with E-state index in [-0.39, 0.29) is 0 Å². The number of carbonyl (C=O) groups is 1. The van der Waals surface area contributed by atoms with E-state index in [9.17, 15) is 4.79 Å².